The quantitative estimate of drug-likeness (QED) is 0.591. The molecule has 2 nitrogen and oxygen atoms in total. The Labute approximate surface area is 128 Å². The molecule has 0 amide bonds. The molecule has 94 valence electrons. The van der Waals surface area contributed by atoms with Gasteiger partial charge in [-0.3, -0.25) is 0 Å². The number of hydrogen-bond donors (Lipinski definition) is 1. The van der Waals surface area contributed by atoms with Gasteiger partial charge in [0.25, 0.3) is 0 Å². The van der Waals surface area contributed by atoms with Crippen LogP contribution in [0.5, 0.6) is 5.75 Å². The molecule has 0 atom stereocenters. The Morgan fingerprint density at radius 3 is 2.32 bits per heavy atom. The zero-order valence-electron chi connectivity index (χ0n) is 9.77. The maximum absolute atomic E-state index is 9.79. The van der Waals surface area contributed by atoms with Crippen molar-refractivity contribution in [1.29, 1.82) is 5.26 Å². The molecule has 4 heteroatoms. The molecule has 0 aromatic heterocycles. The van der Waals surface area contributed by atoms with Crippen molar-refractivity contribution in [2.45, 2.75) is 0 Å². The number of hydrogen-bond acceptors (Lipinski definition) is 2. The first-order valence-electron chi connectivity index (χ1n) is 5.46. The summed E-state index contributed by atoms with van der Waals surface area (Å²) in [7, 11) is 0. The van der Waals surface area contributed by atoms with Gasteiger partial charge in [-0.2, -0.15) is 5.26 Å². The predicted octanol–water partition coefficient (Wildman–Crippen LogP) is 4.98. The molecule has 0 saturated heterocycles. The highest BCUT2D eigenvalue weighted by Crippen LogP contribution is 2.27. The monoisotopic (exact) mass is 377 g/mol. The molecular formula is C15H9Br2NO. The summed E-state index contributed by atoms with van der Waals surface area (Å²) in [6.45, 7) is 0. The third-order valence-electron chi connectivity index (χ3n) is 2.57. The summed E-state index contributed by atoms with van der Waals surface area (Å²) in [5, 5.41) is 19.0. The lowest BCUT2D eigenvalue weighted by atomic mass is 10.0. The maximum atomic E-state index is 9.79. The van der Waals surface area contributed by atoms with Gasteiger partial charge in [0.15, 0.2) is 0 Å². The van der Waals surface area contributed by atoms with E-state index in [1.165, 1.54) is 0 Å². The highest BCUT2D eigenvalue weighted by Gasteiger charge is 2.04. The van der Waals surface area contributed by atoms with E-state index in [4.69, 9.17) is 0 Å². The second-order valence-electron chi connectivity index (χ2n) is 3.88. The molecule has 0 fully saturated rings. The third kappa shape index (κ3) is 3.46. The lowest BCUT2D eigenvalue weighted by molar-refractivity contribution is 0.474. The molecule has 0 unspecified atom stereocenters. The number of allylic oxidation sites excluding steroid dienone is 1. The van der Waals surface area contributed by atoms with Crippen molar-refractivity contribution < 1.29 is 5.11 Å². The van der Waals surface area contributed by atoms with Crippen LogP contribution in [0.1, 0.15) is 11.1 Å². The Kier molecular flexibility index (Phi) is 4.41. The van der Waals surface area contributed by atoms with Crippen molar-refractivity contribution in [3.8, 4) is 11.8 Å². The van der Waals surface area contributed by atoms with Crippen LogP contribution in [0, 0.1) is 11.3 Å². The number of phenolic OH excluding ortho intramolecular Hbond substituents is 1. The van der Waals surface area contributed by atoms with E-state index in [0.717, 1.165) is 14.5 Å². The summed E-state index contributed by atoms with van der Waals surface area (Å²) in [6.07, 6.45) is 1.67. The number of nitriles is 1. The van der Waals surface area contributed by atoms with Crippen molar-refractivity contribution in [2.24, 2.45) is 0 Å². The molecule has 2 rings (SSSR count). The van der Waals surface area contributed by atoms with Gasteiger partial charge in [-0.25, -0.2) is 0 Å². The minimum Gasteiger partial charge on any atom is -0.507 e. The minimum atomic E-state index is 0.146. The molecule has 0 aliphatic carbocycles. The number of halogens is 2. The second kappa shape index (κ2) is 6.05. The second-order valence-corrected chi connectivity index (χ2v) is 5.71. The summed E-state index contributed by atoms with van der Waals surface area (Å²) in [5.41, 5.74) is 1.92. The molecule has 1 N–H and O–H groups in total. The van der Waals surface area contributed by atoms with E-state index in [-0.39, 0.29) is 5.75 Å². The number of benzene rings is 2. The van der Waals surface area contributed by atoms with Crippen LogP contribution in [-0.4, -0.2) is 5.11 Å². The summed E-state index contributed by atoms with van der Waals surface area (Å²) in [5.74, 6) is 0.146. The van der Waals surface area contributed by atoms with Gasteiger partial charge in [0.05, 0.1) is 11.6 Å². The van der Waals surface area contributed by atoms with E-state index in [0.29, 0.717) is 11.1 Å². The van der Waals surface area contributed by atoms with Crippen LogP contribution in [-0.2, 0) is 0 Å². The van der Waals surface area contributed by atoms with Crippen LogP contribution in [0.2, 0.25) is 0 Å². The van der Waals surface area contributed by atoms with Crippen LogP contribution in [0.4, 0.5) is 0 Å². The number of aromatic hydroxyl groups is 1. The van der Waals surface area contributed by atoms with Gasteiger partial charge in [0.2, 0.25) is 0 Å². The summed E-state index contributed by atoms with van der Waals surface area (Å²) in [4.78, 5) is 0. The van der Waals surface area contributed by atoms with Crippen molar-refractivity contribution in [1.82, 2.24) is 0 Å². The van der Waals surface area contributed by atoms with Gasteiger partial charge < -0.3 is 5.11 Å². The summed E-state index contributed by atoms with van der Waals surface area (Å²) in [6, 6.07) is 14.7. The SMILES string of the molecule is N#C/C(=C\c1cc(Br)ccc1O)c1ccc(Br)cc1. The predicted molar refractivity (Wildman–Crippen MR) is 83.4 cm³/mol. The van der Waals surface area contributed by atoms with Gasteiger partial charge in [-0.05, 0) is 42.0 Å². The van der Waals surface area contributed by atoms with Crippen LogP contribution < -0.4 is 0 Å². The first kappa shape index (κ1) is 13.9. The normalized spacial score (nSPS) is 11.1. The average Bonchev–Trinajstić information content (AvgIpc) is 2.41. The van der Waals surface area contributed by atoms with Crippen LogP contribution in [0.25, 0.3) is 11.6 Å². The zero-order valence-corrected chi connectivity index (χ0v) is 12.9. The first-order chi connectivity index (χ1) is 9.10. The van der Waals surface area contributed by atoms with E-state index in [1.54, 1.807) is 24.3 Å². The molecule has 0 heterocycles. The van der Waals surface area contributed by atoms with Crippen molar-refractivity contribution >= 4 is 43.5 Å². The molecule has 0 aliphatic rings. The molecule has 2 aromatic carbocycles. The van der Waals surface area contributed by atoms with E-state index < -0.39 is 0 Å². The van der Waals surface area contributed by atoms with Gasteiger partial charge in [0.1, 0.15) is 5.75 Å². The molecule has 2 aromatic rings. The highest BCUT2D eigenvalue weighted by atomic mass is 79.9. The van der Waals surface area contributed by atoms with E-state index >= 15 is 0 Å². The molecule has 19 heavy (non-hydrogen) atoms. The number of phenols is 1. The molecule has 0 spiro atoms. The first-order valence-corrected chi connectivity index (χ1v) is 7.05. The average molecular weight is 379 g/mol. The Bertz CT molecular complexity index is 670. The Morgan fingerprint density at radius 1 is 1.05 bits per heavy atom. The van der Waals surface area contributed by atoms with Crippen LogP contribution >= 0.6 is 31.9 Å². The van der Waals surface area contributed by atoms with Gasteiger partial charge in [-0.1, -0.05) is 44.0 Å². The van der Waals surface area contributed by atoms with Gasteiger partial charge in [-0.15, -0.1) is 0 Å². The van der Waals surface area contributed by atoms with Crippen LogP contribution in [0.3, 0.4) is 0 Å². The maximum Gasteiger partial charge on any atom is 0.122 e. The van der Waals surface area contributed by atoms with E-state index in [2.05, 4.69) is 37.9 Å². The number of rotatable bonds is 2. The third-order valence-corrected chi connectivity index (χ3v) is 3.59. The summed E-state index contributed by atoms with van der Waals surface area (Å²) < 4.78 is 1.81. The standard InChI is InChI=1S/C15H9Br2NO/c16-13-3-1-10(2-4-13)12(9-18)7-11-8-14(17)5-6-15(11)19/h1-8,19H/b12-7+. The van der Waals surface area contributed by atoms with E-state index in [9.17, 15) is 10.4 Å². The van der Waals surface area contributed by atoms with E-state index in [1.807, 2.05) is 24.3 Å². The fourth-order valence-corrected chi connectivity index (χ4v) is 2.25. The smallest absolute Gasteiger partial charge is 0.122 e. The largest absolute Gasteiger partial charge is 0.507 e. The van der Waals surface area contributed by atoms with Crippen molar-refractivity contribution in [3.63, 3.8) is 0 Å². The molecule has 0 saturated carbocycles. The molecule has 0 radical (unpaired) electrons. The molecular weight excluding hydrogens is 370 g/mol. The fourth-order valence-electron chi connectivity index (χ4n) is 1.61. The minimum absolute atomic E-state index is 0.146. The van der Waals surface area contributed by atoms with Crippen LogP contribution in [0.15, 0.2) is 51.4 Å². The van der Waals surface area contributed by atoms with Gasteiger partial charge >= 0.3 is 0 Å². The number of nitrogens with zero attached hydrogens (tertiary/aromatic N) is 1. The lowest BCUT2D eigenvalue weighted by Gasteiger charge is -2.03. The highest BCUT2D eigenvalue weighted by molar-refractivity contribution is 9.10. The van der Waals surface area contributed by atoms with Crippen molar-refractivity contribution in [3.05, 3.63) is 62.5 Å². The molecule has 0 bridgehead atoms. The topological polar surface area (TPSA) is 44.0 Å². The zero-order chi connectivity index (χ0) is 13.8. The Morgan fingerprint density at radius 2 is 1.68 bits per heavy atom. The van der Waals surface area contributed by atoms with Gasteiger partial charge in [0, 0.05) is 14.5 Å². The lowest BCUT2D eigenvalue weighted by Crippen LogP contribution is -1.83. The Balaban J connectivity index is 2.47. The summed E-state index contributed by atoms with van der Waals surface area (Å²) >= 11 is 6.70. The molecule has 0 aliphatic heterocycles. The van der Waals surface area contributed by atoms with Crippen molar-refractivity contribution in [2.75, 3.05) is 0 Å². The fraction of sp³-hybridized carbons (Fsp3) is 0. The Hall–Kier alpha value is -1.57.